The molecule has 0 aromatic carbocycles. The molecular formula is C11H13BrClNS. The molecule has 2 saturated heterocycles. The lowest BCUT2D eigenvalue weighted by molar-refractivity contribution is 0.131. The van der Waals surface area contributed by atoms with Crippen LogP contribution < -0.4 is 0 Å². The number of rotatable bonds is 3. The fourth-order valence-corrected chi connectivity index (χ4v) is 4.87. The van der Waals surface area contributed by atoms with Gasteiger partial charge in [0.25, 0.3) is 0 Å². The summed E-state index contributed by atoms with van der Waals surface area (Å²) in [6.07, 6.45) is 2.77. The first kappa shape index (κ1) is 10.6. The molecule has 1 aromatic heterocycles. The lowest BCUT2D eigenvalue weighted by Crippen LogP contribution is -2.46. The van der Waals surface area contributed by atoms with E-state index >= 15 is 0 Å². The third-order valence-electron chi connectivity index (χ3n) is 3.71. The molecule has 0 unspecified atom stereocenters. The van der Waals surface area contributed by atoms with Gasteiger partial charge in [-0.2, -0.15) is 0 Å². The molecule has 0 spiro atoms. The van der Waals surface area contributed by atoms with Gasteiger partial charge in [-0.1, -0.05) is 27.5 Å². The number of nitrogens with zero attached hydrogens (tertiary/aromatic N) is 1. The van der Waals surface area contributed by atoms with Crippen LogP contribution in [0.5, 0.6) is 0 Å². The first-order chi connectivity index (χ1) is 7.22. The minimum Gasteiger partial charge on any atom is -0.291 e. The minimum atomic E-state index is 0.473. The van der Waals surface area contributed by atoms with Crippen molar-refractivity contribution < 1.29 is 0 Å². The molecule has 1 aromatic rings. The van der Waals surface area contributed by atoms with Crippen molar-refractivity contribution in [1.29, 1.82) is 0 Å². The van der Waals surface area contributed by atoms with E-state index in [1.165, 1.54) is 24.3 Å². The van der Waals surface area contributed by atoms with Crippen molar-refractivity contribution in [1.82, 2.24) is 4.90 Å². The Bertz CT molecular complexity index is 372. The zero-order valence-corrected chi connectivity index (χ0v) is 11.5. The Morgan fingerprint density at radius 1 is 1.53 bits per heavy atom. The standard InChI is InChI=1S/C11H13BrClNS/c12-7-11-3-8(4-11)5-14(11)6-9-1-2-10(13)15-9/h1-2,8H,3-7H2. The number of fused-ring (bicyclic) bond motifs is 1. The molecule has 1 aliphatic carbocycles. The van der Waals surface area contributed by atoms with Gasteiger partial charge in [0.05, 0.1) is 4.34 Å². The van der Waals surface area contributed by atoms with E-state index in [1.807, 2.05) is 6.07 Å². The summed E-state index contributed by atoms with van der Waals surface area (Å²) in [5, 5.41) is 1.12. The summed E-state index contributed by atoms with van der Waals surface area (Å²) in [5.74, 6) is 0.956. The predicted octanol–water partition coefficient (Wildman–Crippen LogP) is 3.76. The molecular weight excluding hydrogens is 294 g/mol. The van der Waals surface area contributed by atoms with Crippen LogP contribution in [0.15, 0.2) is 12.1 Å². The van der Waals surface area contributed by atoms with Gasteiger partial charge >= 0.3 is 0 Å². The highest BCUT2D eigenvalue weighted by Crippen LogP contribution is 2.52. The van der Waals surface area contributed by atoms with Crippen molar-refractivity contribution in [3.8, 4) is 0 Å². The molecule has 15 heavy (non-hydrogen) atoms. The second-order valence-electron chi connectivity index (χ2n) is 4.72. The van der Waals surface area contributed by atoms with Gasteiger partial charge in [-0.15, -0.1) is 11.3 Å². The molecule has 0 radical (unpaired) electrons. The summed E-state index contributed by atoms with van der Waals surface area (Å²) in [6.45, 7) is 2.36. The maximum Gasteiger partial charge on any atom is 0.0931 e. The Morgan fingerprint density at radius 3 is 2.93 bits per heavy atom. The van der Waals surface area contributed by atoms with Gasteiger partial charge in [0.15, 0.2) is 0 Å². The van der Waals surface area contributed by atoms with Gasteiger partial charge in [0, 0.05) is 28.8 Å². The molecule has 0 atom stereocenters. The van der Waals surface area contributed by atoms with Crippen molar-refractivity contribution in [2.24, 2.45) is 5.92 Å². The predicted molar refractivity (Wildman–Crippen MR) is 69.0 cm³/mol. The van der Waals surface area contributed by atoms with Crippen LogP contribution in [0.25, 0.3) is 0 Å². The average Bonchev–Trinajstić information content (AvgIpc) is 2.78. The van der Waals surface area contributed by atoms with Crippen LogP contribution in [0.4, 0.5) is 0 Å². The number of hydrogen-bond donors (Lipinski definition) is 0. The van der Waals surface area contributed by atoms with E-state index in [0.717, 1.165) is 22.1 Å². The molecule has 1 nitrogen and oxygen atoms in total. The van der Waals surface area contributed by atoms with Crippen molar-refractivity contribution in [2.75, 3.05) is 11.9 Å². The molecule has 3 heterocycles. The second kappa shape index (κ2) is 3.73. The Kier molecular flexibility index (Phi) is 2.63. The fraction of sp³-hybridized carbons (Fsp3) is 0.636. The van der Waals surface area contributed by atoms with Crippen LogP contribution in [0.2, 0.25) is 4.34 Å². The van der Waals surface area contributed by atoms with Gasteiger partial charge in [-0.25, -0.2) is 0 Å². The van der Waals surface area contributed by atoms with Crippen LogP contribution in [0.3, 0.4) is 0 Å². The van der Waals surface area contributed by atoms with E-state index in [-0.39, 0.29) is 0 Å². The third kappa shape index (κ3) is 1.68. The van der Waals surface area contributed by atoms with Gasteiger partial charge in [-0.3, -0.25) is 4.90 Å². The van der Waals surface area contributed by atoms with Crippen LogP contribution >= 0.6 is 38.9 Å². The van der Waals surface area contributed by atoms with Crippen molar-refractivity contribution >= 4 is 38.9 Å². The summed E-state index contributed by atoms with van der Waals surface area (Å²) < 4.78 is 0.907. The van der Waals surface area contributed by atoms with Crippen molar-refractivity contribution in [3.63, 3.8) is 0 Å². The first-order valence-corrected chi connectivity index (χ1v) is 7.59. The number of alkyl halides is 1. The molecule has 82 valence electrons. The summed E-state index contributed by atoms with van der Waals surface area (Å²) in [5.41, 5.74) is 0.473. The number of halogens is 2. The highest BCUT2D eigenvalue weighted by molar-refractivity contribution is 9.09. The monoisotopic (exact) mass is 305 g/mol. The molecule has 4 heteroatoms. The van der Waals surface area contributed by atoms with Crippen LogP contribution in [0.1, 0.15) is 17.7 Å². The maximum absolute atomic E-state index is 5.95. The second-order valence-corrected chi connectivity index (χ2v) is 7.08. The van der Waals surface area contributed by atoms with E-state index in [1.54, 1.807) is 11.3 Å². The molecule has 0 N–H and O–H groups in total. The van der Waals surface area contributed by atoms with Gasteiger partial charge < -0.3 is 0 Å². The van der Waals surface area contributed by atoms with Gasteiger partial charge in [0.2, 0.25) is 0 Å². The van der Waals surface area contributed by atoms with E-state index in [9.17, 15) is 0 Å². The van der Waals surface area contributed by atoms with E-state index in [4.69, 9.17) is 11.6 Å². The molecule has 1 saturated carbocycles. The Hall–Kier alpha value is 0.430. The molecule has 0 amide bonds. The summed E-state index contributed by atoms with van der Waals surface area (Å²) in [4.78, 5) is 4.03. The van der Waals surface area contributed by atoms with Crippen LogP contribution in [0, 0.1) is 5.92 Å². The lowest BCUT2D eigenvalue weighted by Gasteiger charge is -2.41. The summed E-state index contributed by atoms with van der Waals surface area (Å²) >= 11 is 11.3. The minimum absolute atomic E-state index is 0.473. The topological polar surface area (TPSA) is 3.24 Å². The molecule has 2 aliphatic heterocycles. The lowest BCUT2D eigenvalue weighted by atomic mass is 9.75. The number of hydrogen-bond acceptors (Lipinski definition) is 2. The summed E-state index contributed by atoms with van der Waals surface area (Å²) in [7, 11) is 0. The third-order valence-corrected chi connectivity index (χ3v) is 5.97. The van der Waals surface area contributed by atoms with Crippen LogP contribution in [-0.4, -0.2) is 22.3 Å². The molecule has 3 aliphatic rings. The molecule has 2 bridgehead atoms. The van der Waals surface area contributed by atoms with Crippen LogP contribution in [-0.2, 0) is 6.54 Å². The zero-order valence-electron chi connectivity index (χ0n) is 8.38. The number of thiophene rings is 1. The Morgan fingerprint density at radius 2 is 2.33 bits per heavy atom. The average molecular weight is 307 g/mol. The maximum atomic E-state index is 5.95. The highest BCUT2D eigenvalue weighted by atomic mass is 79.9. The quantitative estimate of drug-likeness (QED) is 0.769. The Balaban J connectivity index is 1.74. The van der Waals surface area contributed by atoms with Crippen molar-refractivity contribution in [3.05, 3.63) is 21.3 Å². The van der Waals surface area contributed by atoms with E-state index in [0.29, 0.717) is 5.54 Å². The van der Waals surface area contributed by atoms with E-state index < -0.39 is 0 Å². The first-order valence-electron chi connectivity index (χ1n) is 5.27. The van der Waals surface area contributed by atoms with Gasteiger partial charge in [-0.05, 0) is 30.9 Å². The molecule has 3 fully saturated rings. The SMILES string of the molecule is Clc1ccc(CN2CC3CC2(CBr)C3)s1. The Labute approximate surface area is 108 Å². The fourth-order valence-electron chi connectivity index (χ4n) is 2.96. The van der Waals surface area contributed by atoms with E-state index in [2.05, 4.69) is 26.9 Å². The molecule has 4 rings (SSSR count). The largest absolute Gasteiger partial charge is 0.291 e. The summed E-state index contributed by atoms with van der Waals surface area (Å²) in [6, 6.07) is 4.16. The highest BCUT2D eigenvalue weighted by Gasteiger charge is 2.54. The zero-order chi connectivity index (χ0) is 10.5. The van der Waals surface area contributed by atoms with Crippen molar-refractivity contribution in [2.45, 2.75) is 24.9 Å². The van der Waals surface area contributed by atoms with Gasteiger partial charge in [0.1, 0.15) is 0 Å². The normalized spacial score (nSPS) is 34.4. The smallest absolute Gasteiger partial charge is 0.0931 e.